The van der Waals surface area contributed by atoms with Gasteiger partial charge in [0.1, 0.15) is 6.10 Å². The fraction of sp³-hybridized carbons (Fsp3) is 0.556. The number of hydrogen-bond donors (Lipinski definition) is 3. The van der Waals surface area contributed by atoms with Crippen molar-refractivity contribution in [3.05, 3.63) is 28.9 Å². The van der Waals surface area contributed by atoms with Gasteiger partial charge in [0.2, 0.25) is 0 Å². The van der Waals surface area contributed by atoms with Crippen LogP contribution in [0.4, 0.5) is 4.79 Å². The zero-order valence-electron chi connectivity index (χ0n) is 14.7. The van der Waals surface area contributed by atoms with Crippen molar-refractivity contribution >= 4 is 28.5 Å². The Morgan fingerprint density at radius 3 is 2.85 bits per heavy atom. The van der Waals surface area contributed by atoms with Crippen LogP contribution in [-0.2, 0) is 5.54 Å². The number of halogens is 1. The van der Waals surface area contributed by atoms with Crippen LogP contribution in [-0.4, -0.2) is 57.2 Å². The number of aliphatic hydroxyl groups is 2. The van der Waals surface area contributed by atoms with Gasteiger partial charge in [-0.05, 0) is 37.8 Å². The third-order valence-electron chi connectivity index (χ3n) is 5.96. The lowest BCUT2D eigenvalue weighted by Gasteiger charge is -2.42. The molecule has 2 atom stereocenters. The predicted molar refractivity (Wildman–Crippen MR) is 98.1 cm³/mol. The summed E-state index contributed by atoms with van der Waals surface area (Å²) >= 11 is 6.21. The molecule has 1 saturated heterocycles. The monoisotopic (exact) mass is 378 g/mol. The number of benzene rings is 1. The van der Waals surface area contributed by atoms with E-state index in [0.717, 1.165) is 29.3 Å². The van der Waals surface area contributed by atoms with E-state index < -0.39 is 11.6 Å². The van der Waals surface area contributed by atoms with Crippen molar-refractivity contribution in [2.45, 2.75) is 31.4 Å². The number of piperidine rings is 1. The van der Waals surface area contributed by atoms with Crippen molar-refractivity contribution in [2.75, 3.05) is 26.2 Å². The zero-order chi connectivity index (χ0) is 18.5. The summed E-state index contributed by atoms with van der Waals surface area (Å²) in [5, 5.41) is 28.7. The minimum absolute atomic E-state index is 0.0669. The number of carbonyl (C=O) groups is 1. The molecule has 3 heterocycles. The van der Waals surface area contributed by atoms with E-state index >= 15 is 0 Å². The molecule has 1 aromatic heterocycles. The van der Waals surface area contributed by atoms with E-state index in [1.54, 1.807) is 11.1 Å². The highest BCUT2D eigenvalue weighted by atomic mass is 35.5. The number of nitrogens with zero attached hydrogens (tertiary/aromatic N) is 3. The minimum Gasteiger partial charge on any atom is -0.395 e. The molecule has 26 heavy (non-hydrogen) atoms. The fourth-order valence-electron chi connectivity index (χ4n) is 4.51. The van der Waals surface area contributed by atoms with Gasteiger partial charge in [-0.3, -0.25) is 4.68 Å². The molecular weight excluding hydrogens is 356 g/mol. The molecule has 1 fully saturated rings. The smallest absolute Gasteiger partial charge is 0.317 e. The molecule has 1 unspecified atom stereocenters. The summed E-state index contributed by atoms with van der Waals surface area (Å²) in [6.45, 7) is 3.47. The average Bonchev–Trinajstić information content (AvgIpc) is 3.16. The summed E-state index contributed by atoms with van der Waals surface area (Å²) in [6.07, 6.45) is 2.69. The molecule has 0 aliphatic carbocycles. The molecule has 0 saturated carbocycles. The highest BCUT2D eigenvalue weighted by Gasteiger charge is 2.50. The Balaban J connectivity index is 1.56. The molecule has 2 aliphatic rings. The first kappa shape index (κ1) is 17.6. The van der Waals surface area contributed by atoms with Gasteiger partial charge in [-0.1, -0.05) is 11.6 Å². The standard InChI is InChI=1S/C18H23ClN4O3/c1-18(12-2-5-22(6-3-12)17(26)20-4-7-24)16(25)14-9-13(19)8-11-10-21-23(18)15(11)14/h8-10,12,16,24-25H,2-7H2,1H3,(H,20,26)/t16-,18?/m1/s1. The van der Waals surface area contributed by atoms with E-state index in [-0.39, 0.29) is 25.1 Å². The number of nitrogens with one attached hydrogen (secondary N) is 1. The van der Waals surface area contributed by atoms with Crippen LogP contribution in [0, 0.1) is 5.92 Å². The summed E-state index contributed by atoms with van der Waals surface area (Å²) in [5.41, 5.74) is 1.23. The number of amides is 2. The topological polar surface area (TPSA) is 90.6 Å². The SMILES string of the molecule is CC1(C2CCN(C(=O)NCCO)CC2)[C@H](O)c2cc(Cl)cc3cnn1c23. The number of urea groups is 1. The third kappa shape index (κ3) is 2.49. The fourth-order valence-corrected chi connectivity index (χ4v) is 4.74. The summed E-state index contributed by atoms with van der Waals surface area (Å²) in [4.78, 5) is 13.8. The van der Waals surface area contributed by atoms with Crippen molar-refractivity contribution < 1.29 is 15.0 Å². The van der Waals surface area contributed by atoms with Crippen molar-refractivity contribution in [3.63, 3.8) is 0 Å². The maximum absolute atomic E-state index is 12.1. The maximum Gasteiger partial charge on any atom is 0.317 e. The van der Waals surface area contributed by atoms with Gasteiger partial charge in [-0.15, -0.1) is 0 Å². The predicted octanol–water partition coefficient (Wildman–Crippen LogP) is 1.87. The second-order valence-corrected chi connectivity index (χ2v) is 7.77. The Labute approximate surface area is 156 Å². The first-order valence-corrected chi connectivity index (χ1v) is 9.34. The van der Waals surface area contributed by atoms with E-state index in [0.29, 0.717) is 18.1 Å². The Bertz CT molecular complexity index is 846. The summed E-state index contributed by atoms with van der Waals surface area (Å²) in [5.74, 6) is 0.189. The van der Waals surface area contributed by atoms with Crippen LogP contribution in [0.2, 0.25) is 5.02 Å². The van der Waals surface area contributed by atoms with Crippen LogP contribution in [0.25, 0.3) is 10.9 Å². The first-order valence-electron chi connectivity index (χ1n) is 8.96. The number of carbonyl (C=O) groups excluding carboxylic acids is 1. The van der Waals surface area contributed by atoms with E-state index in [1.807, 2.05) is 23.7 Å². The minimum atomic E-state index is -0.674. The molecule has 0 radical (unpaired) electrons. The third-order valence-corrected chi connectivity index (χ3v) is 6.18. The molecule has 3 N–H and O–H groups in total. The van der Waals surface area contributed by atoms with Crippen LogP contribution in [0.3, 0.4) is 0 Å². The van der Waals surface area contributed by atoms with Crippen molar-refractivity contribution in [1.82, 2.24) is 20.0 Å². The molecule has 0 bridgehead atoms. The van der Waals surface area contributed by atoms with Crippen molar-refractivity contribution in [3.8, 4) is 0 Å². The first-order chi connectivity index (χ1) is 12.5. The lowest BCUT2D eigenvalue weighted by molar-refractivity contribution is -0.0116. The van der Waals surface area contributed by atoms with Gasteiger partial charge in [0.05, 0.1) is 23.9 Å². The molecule has 140 valence electrons. The van der Waals surface area contributed by atoms with Crippen LogP contribution >= 0.6 is 11.6 Å². The van der Waals surface area contributed by atoms with Crippen molar-refractivity contribution in [2.24, 2.45) is 5.92 Å². The van der Waals surface area contributed by atoms with E-state index in [9.17, 15) is 9.90 Å². The highest BCUT2D eigenvalue weighted by molar-refractivity contribution is 6.31. The van der Waals surface area contributed by atoms with Gasteiger partial charge >= 0.3 is 6.03 Å². The van der Waals surface area contributed by atoms with Crippen LogP contribution in [0.5, 0.6) is 0 Å². The second-order valence-electron chi connectivity index (χ2n) is 7.33. The van der Waals surface area contributed by atoms with Gasteiger partial charge in [0.15, 0.2) is 0 Å². The van der Waals surface area contributed by atoms with Gasteiger partial charge in [-0.2, -0.15) is 5.10 Å². The Morgan fingerprint density at radius 2 is 2.15 bits per heavy atom. The van der Waals surface area contributed by atoms with E-state index in [4.69, 9.17) is 16.7 Å². The summed E-state index contributed by atoms with van der Waals surface area (Å²) in [6, 6.07) is 3.55. The quantitative estimate of drug-likeness (QED) is 0.760. The largest absolute Gasteiger partial charge is 0.395 e. The Morgan fingerprint density at radius 1 is 1.42 bits per heavy atom. The van der Waals surface area contributed by atoms with E-state index in [2.05, 4.69) is 10.4 Å². The molecule has 8 heteroatoms. The van der Waals surface area contributed by atoms with Gasteiger partial charge in [0, 0.05) is 35.6 Å². The molecule has 7 nitrogen and oxygen atoms in total. The van der Waals surface area contributed by atoms with Crippen LogP contribution in [0.1, 0.15) is 31.4 Å². The Kier molecular flexibility index (Phi) is 4.33. The summed E-state index contributed by atoms with van der Waals surface area (Å²) < 4.78 is 1.95. The number of likely N-dealkylation sites (tertiary alicyclic amines) is 1. The van der Waals surface area contributed by atoms with Crippen LogP contribution in [0.15, 0.2) is 18.3 Å². The number of rotatable bonds is 3. The van der Waals surface area contributed by atoms with E-state index in [1.165, 1.54) is 0 Å². The van der Waals surface area contributed by atoms with Crippen molar-refractivity contribution in [1.29, 1.82) is 0 Å². The number of aliphatic hydroxyl groups excluding tert-OH is 2. The maximum atomic E-state index is 12.1. The average molecular weight is 379 g/mol. The zero-order valence-corrected chi connectivity index (χ0v) is 15.4. The second kappa shape index (κ2) is 6.40. The molecule has 2 aromatic rings. The molecule has 2 aliphatic heterocycles. The number of aromatic nitrogens is 2. The summed E-state index contributed by atoms with van der Waals surface area (Å²) in [7, 11) is 0. The molecule has 1 aromatic carbocycles. The molecular formula is C18H23ClN4O3. The lowest BCUT2D eigenvalue weighted by Crippen LogP contribution is -2.50. The molecule has 2 amide bonds. The highest BCUT2D eigenvalue weighted by Crippen LogP contribution is 2.51. The lowest BCUT2D eigenvalue weighted by atomic mass is 9.75. The molecule has 4 rings (SSSR count). The van der Waals surface area contributed by atoms with Gasteiger partial charge in [-0.25, -0.2) is 4.79 Å². The Hall–Kier alpha value is -1.83. The van der Waals surface area contributed by atoms with Gasteiger partial charge in [0.25, 0.3) is 0 Å². The van der Waals surface area contributed by atoms with Crippen LogP contribution < -0.4 is 5.32 Å². The normalized spacial score (nSPS) is 25.8. The molecule has 0 spiro atoms. The number of hydrogen-bond acceptors (Lipinski definition) is 4. The van der Waals surface area contributed by atoms with Gasteiger partial charge < -0.3 is 20.4 Å².